The van der Waals surface area contributed by atoms with E-state index in [-0.39, 0.29) is 0 Å². The van der Waals surface area contributed by atoms with Crippen LogP contribution < -0.4 is 0 Å². The Bertz CT molecular complexity index is 459. The van der Waals surface area contributed by atoms with Crippen molar-refractivity contribution < 1.29 is 0 Å². The molecule has 0 fully saturated rings. The molecule has 0 unspecified atom stereocenters. The molecule has 0 aliphatic heterocycles. The molecule has 2 aromatic rings. The highest BCUT2D eigenvalue weighted by atomic mass is 79.9. The Balaban J connectivity index is 2.55. The third kappa shape index (κ3) is 1.94. The van der Waals surface area contributed by atoms with Crippen molar-refractivity contribution in [3.05, 3.63) is 46.2 Å². The van der Waals surface area contributed by atoms with Crippen molar-refractivity contribution in [1.29, 1.82) is 0 Å². The van der Waals surface area contributed by atoms with Crippen molar-refractivity contribution in [1.82, 2.24) is 9.97 Å². The SMILES string of the molecule is Clc1ccccc1-c1nccc(Br)n1. The minimum Gasteiger partial charge on any atom is -0.236 e. The third-order valence-corrected chi connectivity index (χ3v) is 2.51. The van der Waals surface area contributed by atoms with Gasteiger partial charge in [-0.05, 0) is 34.1 Å². The second kappa shape index (κ2) is 4.07. The zero-order valence-corrected chi connectivity index (χ0v) is 9.46. The van der Waals surface area contributed by atoms with Crippen LogP contribution in [0.4, 0.5) is 0 Å². The standard InChI is InChI=1S/C10H6BrClN2/c11-9-5-6-13-10(14-9)7-3-1-2-4-8(7)12/h1-6H. The fraction of sp³-hybridized carbons (Fsp3) is 0. The maximum atomic E-state index is 6.02. The van der Waals surface area contributed by atoms with Crippen LogP contribution in [-0.2, 0) is 0 Å². The first-order valence-corrected chi connectivity index (χ1v) is 5.18. The molecule has 1 heterocycles. The monoisotopic (exact) mass is 268 g/mol. The van der Waals surface area contributed by atoms with Crippen molar-refractivity contribution in [3.63, 3.8) is 0 Å². The van der Waals surface area contributed by atoms with Gasteiger partial charge in [-0.1, -0.05) is 23.7 Å². The molecule has 0 saturated heterocycles. The zero-order chi connectivity index (χ0) is 9.97. The Morgan fingerprint density at radius 3 is 2.64 bits per heavy atom. The summed E-state index contributed by atoms with van der Waals surface area (Å²) in [5.74, 6) is 0.630. The lowest BCUT2D eigenvalue weighted by Gasteiger charge is -2.01. The molecule has 0 N–H and O–H groups in total. The fourth-order valence-electron chi connectivity index (χ4n) is 1.11. The second-order valence-electron chi connectivity index (χ2n) is 2.68. The summed E-state index contributed by atoms with van der Waals surface area (Å²) in [6.07, 6.45) is 1.69. The van der Waals surface area contributed by atoms with Crippen molar-refractivity contribution in [3.8, 4) is 11.4 Å². The summed E-state index contributed by atoms with van der Waals surface area (Å²) in [7, 11) is 0. The first-order chi connectivity index (χ1) is 6.77. The van der Waals surface area contributed by atoms with Crippen molar-refractivity contribution in [2.75, 3.05) is 0 Å². The number of aromatic nitrogens is 2. The molecule has 1 aromatic carbocycles. The molecule has 0 spiro atoms. The van der Waals surface area contributed by atoms with Gasteiger partial charge in [0.25, 0.3) is 0 Å². The molecule has 0 radical (unpaired) electrons. The molecular formula is C10H6BrClN2. The highest BCUT2D eigenvalue weighted by Gasteiger charge is 2.04. The first-order valence-electron chi connectivity index (χ1n) is 4.01. The minimum absolute atomic E-state index is 0.630. The average Bonchev–Trinajstić information content (AvgIpc) is 2.18. The van der Waals surface area contributed by atoms with E-state index in [0.717, 1.165) is 10.2 Å². The largest absolute Gasteiger partial charge is 0.236 e. The van der Waals surface area contributed by atoms with E-state index in [1.807, 2.05) is 24.3 Å². The lowest BCUT2D eigenvalue weighted by molar-refractivity contribution is 1.15. The summed E-state index contributed by atoms with van der Waals surface area (Å²) in [5.41, 5.74) is 0.843. The normalized spacial score (nSPS) is 10.1. The van der Waals surface area contributed by atoms with Crippen LogP contribution in [-0.4, -0.2) is 9.97 Å². The van der Waals surface area contributed by atoms with E-state index in [1.165, 1.54) is 0 Å². The van der Waals surface area contributed by atoms with Gasteiger partial charge in [0.15, 0.2) is 5.82 Å². The van der Waals surface area contributed by atoms with Gasteiger partial charge in [0, 0.05) is 11.8 Å². The van der Waals surface area contributed by atoms with E-state index >= 15 is 0 Å². The number of hydrogen-bond donors (Lipinski definition) is 0. The molecule has 2 nitrogen and oxygen atoms in total. The topological polar surface area (TPSA) is 25.8 Å². The smallest absolute Gasteiger partial charge is 0.161 e. The lowest BCUT2D eigenvalue weighted by Crippen LogP contribution is -1.88. The van der Waals surface area contributed by atoms with Gasteiger partial charge in [-0.25, -0.2) is 9.97 Å². The van der Waals surface area contributed by atoms with E-state index in [9.17, 15) is 0 Å². The van der Waals surface area contributed by atoms with Crippen LogP contribution in [0.2, 0.25) is 5.02 Å². The first kappa shape index (κ1) is 9.62. The molecule has 1 aromatic heterocycles. The average molecular weight is 270 g/mol. The van der Waals surface area contributed by atoms with Gasteiger partial charge >= 0.3 is 0 Å². The maximum Gasteiger partial charge on any atom is 0.161 e. The van der Waals surface area contributed by atoms with E-state index in [2.05, 4.69) is 25.9 Å². The highest BCUT2D eigenvalue weighted by Crippen LogP contribution is 2.24. The van der Waals surface area contributed by atoms with Crippen molar-refractivity contribution in [2.24, 2.45) is 0 Å². The number of halogens is 2. The molecule has 0 bridgehead atoms. The molecule has 0 saturated carbocycles. The van der Waals surface area contributed by atoms with Crippen LogP contribution in [0, 0.1) is 0 Å². The molecule has 0 aliphatic carbocycles. The Morgan fingerprint density at radius 2 is 1.93 bits per heavy atom. The van der Waals surface area contributed by atoms with Crippen molar-refractivity contribution >= 4 is 27.5 Å². The van der Waals surface area contributed by atoms with Gasteiger partial charge in [-0.3, -0.25) is 0 Å². The molecule has 2 rings (SSSR count). The van der Waals surface area contributed by atoms with E-state index in [1.54, 1.807) is 12.3 Å². The molecule has 0 aliphatic rings. The second-order valence-corrected chi connectivity index (χ2v) is 3.90. The van der Waals surface area contributed by atoms with Crippen LogP contribution >= 0.6 is 27.5 Å². The summed E-state index contributed by atoms with van der Waals surface area (Å²) in [5, 5.41) is 0.658. The van der Waals surface area contributed by atoms with Gasteiger partial charge < -0.3 is 0 Å². The highest BCUT2D eigenvalue weighted by molar-refractivity contribution is 9.10. The van der Waals surface area contributed by atoms with Crippen LogP contribution in [0.25, 0.3) is 11.4 Å². The zero-order valence-electron chi connectivity index (χ0n) is 7.11. The van der Waals surface area contributed by atoms with Crippen LogP contribution in [0.15, 0.2) is 41.1 Å². The molecule has 70 valence electrons. The van der Waals surface area contributed by atoms with Crippen molar-refractivity contribution in [2.45, 2.75) is 0 Å². The van der Waals surface area contributed by atoms with Crippen LogP contribution in [0.5, 0.6) is 0 Å². The Labute approximate surface area is 95.1 Å². The Hall–Kier alpha value is -0.930. The lowest BCUT2D eigenvalue weighted by atomic mass is 10.2. The number of nitrogens with zero attached hydrogens (tertiary/aromatic N) is 2. The van der Waals surface area contributed by atoms with Crippen LogP contribution in [0.1, 0.15) is 0 Å². The van der Waals surface area contributed by atoms with Gasteiger partial charge in [0.1, 0.15) is 4.60 Å². The quantitative estimate of drug-likeness (QED) is 0.740. The van der Waals surface area contributed by atoms with Gasteiger partial charge in [0.05, 0.1) is 5.02 Å². The number of rotatable bonds is 1. The summed E-state index contributed by atoms with van der Waals surface area (Å²) >= 11 is 9.31. The van der Waals surface area contributed by atoms with Gasteiger partial charge in [0.2, 0.25) is 0 Å². The van der Waals surface area contributed by atoms with E-state index in [0.29, 0.717) is 10.8 Å². The predicted octanol–water partition coefficient (Wildman–Crippen LogP) is 3.56. The summed E-state index contributed by atoms with van der Waals surface area (Å²) < 4.78 is 0.752. The molecule has 4 heteroatoms. The van der Waals surface area contributed by atoms with E-state index in [4.69, 9.17) is 11.6 Å². The molecule has 14 heavy (non-hydrogen) atoms. The van der Waals surface area contributed by atoms with Gasteiger partial charge in [-0.2, -0.15) is 0 Å². The predicted molar refractivity (Wildman–Crippen MR) is 60.2 cm³/mol. The molecule has 0 atom stereocenters. The van der Waals surface area contributed by atoms with E-state index < -0.39 is 0 Å². The minimum atomic E-state index is 0.630. The number of hydrogen-bond acceptors (Lipinski definition) is 2. The maximum absolute atomic E-state index is 6.02. The molecule has 0 amide bonds. The molecular weight excluding hydrogens is 263 g/mol. The van der Waals surface area contributed by atoms with Crippen LogP contribution in [0.3, 0.4) is 0 Å². The summed E-state index contributed by atoms with van der Waals surface area (Å²) in [6.45, 7) is 0. The summed E-state index contributed by atoms with van der Waals surface area (Å²) in [6, 6.07) is 9.28. The summed E-state index contributed by atoms with van der Waals surface area (Å²) in [4.78, 5) is 8.37. The Kier molecular flexibility index (Phi) is 2.79. The third-order valence-electron chi connectivity index (χ3n) is 1.74. The van der Waals surface area contributed by atoms with Gasteiger partial charge in [-0.15, -0.1) is 0 Å². The number of benzene rings is 1. The Morgan fingerprint density at radius 1 is 1.14 bits per heavy atom. The fourth-order valence-corrected chi connectivity index (χ4v) is 1.62.